The molecule has 0 aromatic heterocycles. The van der Waals surface area contributed by atoms with E-state index in [1.807, 2.05) is 31.2 Å². The van der Waals surface area contributed by atoms with Gasteiger partial charge >= 0.3 is 0 Å². The van der Waals surface area contributed by atoms with Crippen molar-refractivity contribution >= 4 is 12.0 Å². The molecule has 1 fully saturated rings. The van der Waals surface area contributed by atoms with Crippen molar-refractivity contribution in [2.24, 2.45) is 0 Å². The van der Waals surface area contributed by atoms with Crippen molar-refractivity contribution in [1.29, 1.82) is 0 Å². The molecule has 0 spiro atoms. The molecule has 0 aliphatic heterocycles. The second-order valence-electron chi connectivity index (χ2n) is 5.87. The number of hydrogen-bond donors (Lipinski definition) is 1. The highest BCUT2D eigenvalue weighted by atomic mass is 16.5. The van der Waals surface area contributed by atoms with E-state index in [4.69, 9.17) is 9.47 Å². The van der Waals surface area contributed by atoms with Crippen molar-refractivity contribution in [1.82, 2.24) is 5.32 Å². The van der Waals surface area contributed by atoms with Gasteiger partial charge < -0.3 is 14.8 Å². The third-order valence-electron chi connectivity index (χ3n) is 4.12. The molecule has 4 heteroatoms. The minimum atomic E-state index is -0.0234. The van der Waals surface area contributed by atoms with Crippen LogP contribution in [0.1, 0.15) is 51.0 Å². The summed E-state index contributed by atoms with van der Waals surface area (Å²) in [6.45, 7) is 2.53. The molecule has 0 saturated heterocycles. The number of hydrogen-bond acceptors (Lipinski definition) is 3. The highest BCUT2D eigenvalue weighted by molar-refractivity contribution is 5.92. The summed E-state index contributed by atoms with van der Waals surface area (Å²) in [6, 6.07) is 5.98. The lowest BCUT2D eigenvalue weighted by Gasteiger charge is -2.14. The van der Waals surface area contributed by atoms with E-state index in [1.165, 1.54) is 25.7 Å². The zero-order valence-electron chi connectivity index (χ0n) is 14.1. The Balaban J connectivity index is 1.94. The molecule has 0 atom stereocenters. The average Bonchev–Trinajstić information content (AvgIpc) is 2.82. The van der Waals surface area contributed by atoms with Crippen LogP contribution < -0.4 is 14.8 Å². The third-order valence-corrected chi connectivity index (χ3v) is 4.12. The third kappa shape index (κ3) is 5.62. The molecule has 0 unspecified atom stereocenters. The molecule has 0 bridgehead atoms. The fourth-order valence-electron chi connectivity index (χ4n) is 2.91. The quantitative estimate of drug-likeness (QED) is 0.638. The van der Waals surface area contributed by atoms with Gasteiger partial charge in [-0.05, 0) is 43.5 Å². The van der Waals surface area contributed by atoms with Gasteiger partial charge in [0, 0.05) is 12.1 Å². The summed E-state index contributed by atoms with van der Waals surface area (Å²) < 4.78 is 10.8. The van der Waals surface area contributed by atoms with Crippen LogP contribution in [-0.4, -0.2) is 25.7 Å². The lowest BCUT2D eigenvalue weighted by atomic mass is 10.1. The number of nitrogens with one attached hydrogen (secondary N) is 1. The smallest absolute Gasteiger partial charge is 0.244 e. The second-order valence-corrected chi connectivity index (χ2v) is 5.87. The van der Waals surface area contributed by atoms with Crippen LogP contribution in [0.3, 0.4) is 0 Å². The van der Waals surface area contributed by atoms with Crippen LogP contribution in [0.2, 0.25) is 0 Å². The monoisotopic (exact) mass is 317 g/mol. The molecule has 1 saturated carbocycles. The van der Waals surface area contributed by atoms with Crippen molar-refractivity contribution < 1.29 is 14.3 Å². The first kappa shape index (κ1) is 17.4. The van der Waals surface area contributed by atoms with E-state index in [0.717, 1.165) is 24.2 Å². The molecule has 1 aliphatic carbocycles. The first-order chi connectivity index (χ1) is 11.2. The predicted octanol–water partition coefficient (Wildman–Crippen LogP) is 3.95. The number of carbonyl (C=O) groups excluding carboxylic acids is 1. The SMILES string of the molecule is CCOc1ccc(/C=C/C(=O)NC2CCCCCC2)cc1OC. The van der Waals surface area contributed by atoms with Gasteiger partial charge in [0.25, 0.3) is 0 Å². The number of ether oxygens (including phenoxy) is 2. The van der Waals surface area contributed by atoms with E-state index in [-0.39, 0.29) is 5.91 Å². The largest absolute Gasteiger partial charge is 0.493 e. The van der Waals surface area contributed by atoms with Crippen molar-refractivity contribution in [2.75, 3.05) is 13.7 Å². The maximum Gasteiger partial charge on any atom is 0.244 e. The summed E-state index contributed by atoms with van der Waals surface area (Å²) in [7, 11) is 1.62. The Morgan fingerprint density at radius 3 is 2.61 bits per heavy atom. The molecular formula is C19H27NO3. The lowest BCUT2D eigenvalue weighted by Crippen LogP contribution is -2.33. The zero-order chi connectivity index (χ0) is 16.5. The van der Waals surface area contributed by atoms with Crippen molar-refractivity contribution in [3.05, 3.63) is 29.8 Å². The summed E-state index contributed by atoms with van der Waals surface area (Å²) in [6.07, 6.45) is 10.6. The van der Waals surface area contributed by atoms with Gasteiger partial charge in [-0.3, -0.25) is 4.79 Å². The van der Waals surface area contributed by atoms with E-state index < -0.39 is 0 Å². The minimum absolute atomic E-state index is 0.0234. The zero-order valence-corrected chi connectivity index (χ0v) is 14.1. The van der Waals surface area contributed by atoms with Crippen LogP contribution in [0.5, 0.6) is 11.5 Å². The molecule has 4 nitrogen and oxygen atoms in total. The molecule has 2 rings (SSSR count). The Bertz CT molecular complexity index is 531. The highest BCUT2D eigenvalue weighted by Crippen LogP contribution is 2.28. The van der Waals surface area contributed by atoms with E-state index in [0.29, 0.717) is 18.4 Å². The molecule has 1 aliphatic rings. The fraction of sp³-hybridized carbons (Fsp3) is 0.526. The van der Waals surface area contributed by atoms with Crippen LogP contribution in [0, 0.1) is 0 Å². The Hall–Kier alpha value is -1.97. The lowest BCUT2D eigenvalue weighted by molar-refractivity contribution is -0.117. The summed E-state index contributed by atoms with van der Waals surface area (Å²) in [5.41, 5.74) is 0.918. The topological polar surface area (TPSA) is 47.6 Å². The molecule has 126 valence electrons. The van der Waals surface area contributed by atoms with Crippen LogP contribution in [-0.2, 0) is 4.79 Å². The van der Waals surface area contributed by atoms with Crippen LogP contribution in [0.25, 0.3) is 6.08 Å². The summed E-state index contributed by atoms with van der Waals surface area (Å²) in [5.74, 6) is 1.37. The van der Waals surface area contributed by atoms with Gasteiger partial charge in [0.1, 0.15) is 0 Å². The van der Waals surface area contributed by atoms with Gasteiger partial charge in [0.15, 0.2) is 11.5 Å². The van der Waals surface area contributed by atoms with Gasteiger partial charge in [-0.15, -0.1) is 0 Å². The molecule has 0 heterocycles. The fourth-order valence-corrected chi connectivity index (χ4v) is 2.91. The van der Waals surface area contributed by atoms with Crippen LogP contribution >= 0.6 is 0 Å². The Labute approximate surface area is 138 Å². The second kappa shape index (κ2) is 9.23. The number of benzene rings is 1. The standard InChI is InChI=1S/C19H27NO3/c1-3-23-17-12-10-15(14-18(17)22-2)11-13-19(21)20-16-8-6-4-5-7-9-16/h10-14,16H,3-9H2,1-2H3,(H,20,21)/b13-11+. The minimum Gasteiger partial charge on any atom is -0.493 e. The first-order valence-corrected chi connectivity index (χ1v) is 8.52. The van der Waals surface area contributed by atoms with Crippen LogP contribution in [0.15, 0.2) is 24.3 Å². The normalized spacial score (nSPS) is 16.1. The number of carbonyl (C=O) groups is 1. The Morgan fingerprint density at radius 2 is 1.96 bits per heavy atom. The van der Waals surface area contributed by atoms with Gasteiger partial charge in [0.2, 0.25) is 5.91 Å². The van der Waals surface area contributed by atoms with Gasteiger partial charge in [-0.2, -0.15) is 0 Å². The van der Waals surface area contributed by atoms with Crippen molar-refractivity contribution in [2.45, 2.75) is 51.5 Å². The predicted molar refractivity (Wildman–Crippen MR) is 92.8 cm³/mol. The highest BCUT2D eigenvalue weighted by Gasteiger charge is 2.13. The van der Waals surface area contributed by atoms with E-state index in [9.17, 15) is 4.79 Å². The van der Waals surface area contributed by atoms with Crippen molar-refractivity contribution in [3.8, 4) is 11.5 Å². The Morgan fingerprint density at radius 1 is 1.22 bits per heavy atom. The molecule has 1 aromatic rings. The summed E-state index contributed by atoms with van der Waals surface area (Å²) >= 11 is 0. The van der Waals surface area contributed by atoms with Gasteiger partial charge in [0.05, 0.1) is 13.7 Å². The number of amides is 1. The maximum atomic E-state index is 12.1. The van der Waals surface area contributed by atoms with E-state index in [2.05, 4.69) is 5.32 Å². The summed E-state index contributed by atoms with van der Waals surface area (Å²) in [5, 5.41) is 3.11. The average molecular weight is 317 g/mol. The van der Waals surface area contributed by atoms with E-state index in [1.54, 1.807) is 13.2 Å². The molecule has 1 aromatic carbocycles. The number of methoxy groups -OCH3 is 1. The Kier molecular flexibility index (Phi) is 6.98. The first-order valence-electron chi connectivity index (χ1n) is 8.52. The van der Waals surface area contributed by atoms with Gasteiger partial charge in [-0.25, -0.2) is 0 Å². The van der Waals surface area contributed by atoms with Crippen molar-refractivity contribution in [3.63, 3.8) is 0 Å². The van der Waals surface area contributed by atoms with Gasteiger partial charge in [-0.1, -0.05) is 31.7 Å². The number of rotatable bonds is 6. The molecule has 1 N–H and O–H groups in total. The molecule has 0 radical (unpaired) electrons. The molecule has 1 amide bonds. The van der Waals surface area contributed by atoms with Crippen LogP contribution in [0.4, 0.5) is 0 Å². The summed E-state index contributed by atoms with van der Waals surface area (Å²) in [4.78, 5) is 12.1. The molecule has 23 heavy (non-hydrogen) atoms. The van der Waals surface area contributed by atoms with E-state index >= 15 is 0 Å². The molecular weight excluding hydrogens is 290 g/mol. The maximum absolute atomic E-state index is 12.1.